The van der Waals surface area contributed by atoms with Crippen LogP contribution in [0.25, 0.3) is 5.03 Å². The number of rotatable bonds is 2. The standard InChI is InChI=1S/C11H12ClNO/c1-4-9(6-13)11(12)10-5-7(2)14-8(10)3/h5H,4H2,1-3H3. The number of nitriles is 1. The van der Waals surface area contributed by atoms with E-state index in [4.69, 9.17) is 21.3 Å². The minimum Gasteiger partial charge on any atom is -0.466 e. The third kappa shape index (κ3) is 2.00. The molecule has 1 heterocycles. The highest BCUT2D eigenvalue weighted by Gasteiger charge is 2.11. The third-order valence-corrected chi connectivity index (χ3v) is 2.46. The maximum atomic E-state index is 8.83. The zero-order valence-electron chi connectivity index (χ0n) is 8.52. The molecule has 0 spiro atoms. The highest BCUT2D eigenvalue weighted by Crippen LogP contribution is 2.29. The largest absolute Gasteiger partial charge is 0.466 e. The highest BCUT2D eigenvalue weighted by molar-refractivity contribution is 6.49. The molecule has 14 heavy (non-hydrogen) atoms. The second kappa shape index (κ2) is 4.34. The van der Waals surface area contributed by atoms with Gasteiger partial charge in [-0.05, 0) is 26.3 Å². The van der Waals surface area contributed by atoms with Crippen molar-refractivity contribution in [3.8, 4) is 6.07 Å². The molecule has 0 aromatic carbocycles. The topological polar surface area (TPSA) is 36.9 Å². The van der Waals surface area contributed by atoms with Gasteiger partial charge in [-0.3, -0.25) is 0 Å². The molecule has 0 aliphatic heterocycles. The lowest BCUT2D eigenvalue weighted by molar-refractivity contribution is 0.504. The molecule has 2 nitrogen and oxygen atoms in total. The normalized spacial score (nSPS) is 12.2. The summed E-state index contributed by atoms with van der Waals surface area (Å²) in [5.41, 5.74) is 1.41. The van der Waals surface area contributed by atoms with Crippen LogP contribution in [0, 0.1) is 25.2 Å². The first-order chi connectivity index (χ1) is 6.60. The number of aryl methyl sites for hydroxylation is 2. The van der Waals surface area contributed by atoms with Crippen molar-refractivity contribution in [2.24, 2.45) is 0 Å². The van der Waals surface area contributed by atoms with Gasteiger partial charge in [-0.1, -0.05) is 18.5 Å². The van der Waals surface area contributed by atoms with Gasteiger partial charge in [0.25, 0.3) is 0 Å². The van der Waals surface area contributed by atoms with Crippen LogP contribution in [0.1, 0.15) is 30.4 Å². The Morgan fingerprint density at radius 1 is 1.57 bits per heavy atom. The molecule has 0 aliphatic carbocycles. The Labute approximate surface area is 88.8 Å². The fourth-order valence-corrected chi connectivity index (χ4v) is 1.66. The molecule has 0 saturated carbocycles. The highest BCUT2D eigenvalue weighted by atomic mass is 35.5. The van der Waals surface area contributed by atoms with Gasteiger partial charge in [-0.2, -0.15) is 5.26 Å². The van der Waals surface area contributed by atoms with Crippen LogP contribution in [-0.2, 0) is 0 Å². The summed E-state index contributed by atoms with van der Waals surface area (Å²) in [6, 6.07) is 3.94. The molecule has 0 N–H and O–H groups in total. The van der Waals surface area contributed by atoms with E-state index < -0.39 is 0 Å². The summed E-state index contributed by atoms with van der Waals surface area (Å²) in [5, 5.41) is 9.34. The molecular formula is C11H12ClNO. The number of hydrogen-bond donors (Lipinski definition) is 0. The summed E-state index contributed by atoms with van der Waals surface area (Å²) in [6.07, 6.45) is 0.638. The van der Waals surface area contributed by atoms with Gasteiger partial charge in [0.05, 0.1) is 11.1 Å². The third-order valence-electron chi connectivity index (χ3n) is 2.03. The Balaban J connectivity index is 3.24. The quantitative estimate of drug-likeness (QED) is 0.695. The molecule has 0 unspecified atom stereocenters. The summed E-state index contributed by atoms with van der Waals surface area (Å²) in [6.45, 7) is 5.61. The molecular weight excluding hydrogens is 198 g/mol. The van der Waals surface area contributed by atoms with Gasteiger partial charge in [0.2, 0.25) is 0 Å². The molecule has 1 aromatic heterocycles. The van der Waals surface area contributed by atoms with Crippen LogP contribution in [0.2, 0.25) is 0 Å². The minimum atomic E-state index is 0.504. The lowest BCUT2D eigenvalue weighted by Gasteiger charge is -1.98. The number of furan rings is 1. The Kier molecular flexibility index (Phi) is 3.38. The van der Waals surface area contributed by atoms with E-state index in [1.807, 2.05) is 26.8 Å². The van der Waals surface area contributed by atoms with E-state index in [1.54, 1.807) is 0 Å². The van der Waals surface area contributed by atoms with E-state index >= 15 is 0 Å². The van der Waals surface area contributed by atoms with E-state index in [-0.39, 0.29) is 0 Å². The zero-order valence-corrected chi connectivity index (χ0v) is 9.27. The van der Waals surface area contributed by atoms with E-state index in [0.717, 1.165) is 17.1 Å². The Morgan fingerprint density at radius 3 is 2.57 bits per heavy atom. The predicted octanol–water partition coefficient (Wildman–Crippen LogP) is 3.78. The van der Waals surface area contributed by atoms with Crippen LogP contribution in [-0.4, -0.2) is 0 Å². The second-order valence-corrected chi connectivity index (χ2v) is 3.46. The van der Waals surface area contributed by atoms with Crippen molar-refractivity contribution in [3.05, 3.63) is 28.7 Å². The fraction of sp³-hybridized carbons (Fsp3) is 0.364. The Hall–Kier alpha value is -1.20. The minimum absolute atomic E-state index is 0.504. The molecule has 0 radical (unpaired) electrons. The van der Waals surface area contributed by atoms with Crippen LogP contribution >= 0.6 is 11.6 Å². The first-order valence-electron chi connectivity index (χ1n) is 4.46. The van der Waals surface area contributed by atoms with Crippen molar-refractivity contribution >= 4 is 16.6 Å². The van der Waals surface area contributed by atoms with E-state index in [0.29, 0.717) is 17.0 Å². The van der Waals surface area contributed by atoms with Crippen LogP contribution in [0.15, 0.2) is 16.1 Å². The summed E-state index contributed by atoms with van der Waals surface area (Å²) >= 11 is 6.09. The SMILES string of the molecule is CCC(C#N)=C(Cl)c1cc(C)oc1C. The van der Waals surface area contributed by atoms with Gasteiger partial charge < -0.3 is 4.42 Å². The van der Waals surface area contributed by atoms with Gasteiger partial charge in [-0.15, -0.1) is 0 Å². The van der Waals surface area contributed by atoms with Crippen molar-refractivity contribution in [3.63, 3.8) is 0 Å². The molecule has 0 saturated heterocycles. The van der Waals surface area contributed by atoms with Gasteiger partial charge in [-0.25, -0.2) is 0 Å². The van der Waals surface area contributed by atoms with Gasteiger partial charge in [0.1, 0.15) is 11.5 Å². The van der Waals surface area contributed by atoms with Crippen molar-refractivity contribution in [2.45, 2.75) is 27.2 Å². The van der Waals surface area contributed by atoms with E-state index in [9.17, 15) is 0 Å². The second-order valence-electron chi connectivity index (χ2n) is 3.08. The number of allylic oxidation sites excluding steroid dienone is 1. The van der Waals surface area contributed by atoms with Crippen molar-refractivity contribution in [1.29, 1.82) is 5.26 Å². The summed E-state index contributed by atoms with van der Waals surface area (Å²) in [7, 11) is 0. The Morgan fingerprint density at radius 2 is 2.21 bits per heavy atom. The first kappa shape index (κ1) is 10.9. The van der Waals surface area contributed by atoms with E-state index in [1.165, 1.54) is 0 Å². The smallest absolute Gasteiger partial charge is 0.109 e. The molecule has 0 fully saturated rings. The fourth-order valence-electron chi connectivity index (χ4n) is 1.29. The lowest BCUT2D eigenvalue weighted by atomic mass is 10.1. The Bertz CT molecular complexity index is 409. The molecule has 74 valence electrons. The van der Waals surface area contributed by atoms with Crippen LogP contribution < -0.4 is 0 Å². The number of hydrogen-bond acceptors (Lipinski definition) is 2. The van der Waals surface area contributed by atoms with Crippen molar-refractivity contribution < 1.29 is 4.42 Å². The van der Waals surface area contributed by atoms with Crippen molar-refractivity contribution in [1.82, 2.24) is 0 Å². The molecule has 0 amide bonds. The first-order valence-corrected chi connectivity index (χ1v) is 4.84. The van der Waals surface area contributed by atoms with Crippen molar-refractivity contribution in [2.75, 3.05) is 0 Å². The molecule has 1 aromatic rings. The van der Waals surface area contributed by atoms with Crippen LogP contribution in [0.5, 0.6) is 0 Å². The average molecular weight is 210 g/mol. The van der Waals surface area contributed by atoms with Gasteiger partial charge in [0.15, 0.2) is 0 Å². The maximum Gasteiger partial charge on any atom is 0.109 e. The molecule has 0 aliphatic rings. The molecule has 3 heteroatoms. The molecule has 1 rings (SSSR count). The zero-order chi connectivity index (χ0) is 10.7. The van der Waals surface area contributed by atoms with Crippen LogP contribution in [0.3, 0.4) is 0 Å². The maximum absolute atomic E-state index is 8.83. The van der Waals surface area contributed by atoms with E-state index in [2.05, 4.69) is 6.07 Å². The predicted molar refractivity (Wildman–Crippen MR) is 56.9 cm³/mol. The molecule has 0 bridgehead atoms. The summed E-state index contributed by atoms with van der Waals surface area (Å²) < 4.78 is 5.35. The lowest BCUT2D eigenvalue weighted by Crippen LogP contribution is -1.83. The summed E-state index contributed by atoms with van der Waals surface area (Å²) in [5.74, 6) is 1.57. The monoisotopic (exact) mass is 209 g/mol. The van der Waals surface area contributed by atoms with Crippen LogP contribution in [0.4, 0.5) is 0 Å². The number of nitrogens with zero attached hydrogens (tertiary/aromatic N) is 1. The van der Waals surface area contributed by atoms with Gasteiger partial charge >= 0.3 is 0 Å². The summed E-state index contributed by atoms with van der Waals surface area (Å²) in [4.78, 5) is 0. The van der Waals surface area contributed by atoms with Gasteiger partial charge in [0, 0.05) is 11.1 Å². The average Bonchev–Trinajstić information content (AvgIpc) is 2.47. The molecule has 0 atom stereocenters. The number of halogens is 1.